The van der Waals surface area contributed by atoms with Gasteiger partial charge in [-0.2, -0.15) is 0 Å². The van der Waals surface area contributed by atoms with Crippen molar-refractivity contribution in [1.29, 1.82) is 0 Å². The molecule has 2 nitrogen and oxygen atoms in total. The minimum absolute atomic E-state index is 0.729. The number of hydrogen-bond acceptors (Lipinski definition) is 2. The molecule has 0 aliphatic carbocycles. The van der Waals surface area contributed by atoms with Crippen LogP contribution in [0.25, 0.3) is 0 Å². The van der Waals surface area contributed by atoms with Crippen molar-refractivity contribution < 1.29 is 5.11 Å². The molecule has 0 amide bonds. The van der Waals surface area contributed by atoms with Gasteiger partial charge in [0.1, 0.15) is 0 Å². The van der Waals surface area contributed by atoms with Crippen LogP contribution in [0.4, 0.5) is 0 Å². The Kier molecular flexibility index (Phi) is 3.85. The standard InChI is InChI=1S/C15H23NO/c1-15(2,17)14-5-3-12(4-6-14)11-13-7-9-16-10-8-13/h3-6,13,16-17H,7-11H2,1-2H3. The summed E-state index contributed by atoms with van der Waals surface area (Å²) in [6.07, 6.45) is 3.74. The first-order valence-corrected chi connectivity index (χ1v) is 6.58. The number of piperidine rings is 1. The maximum Gasteiger partial charge on any atom is 0.0840 e. The molecule has 0 aromatic heterocycles. The van der Waals surface area contributed by atoms with E-state index in [2.05, 4.69) is 29.6 Å². The highest BCUT2D eigenvalue weighted by Gasteiger charge is 2.16. The van der Waals surface area contributed by atoms with Gasteiger partial charge in [0.2, 0.25) is 0 Å². The van der Waals surface area contributed by atoms with Gasteiger partial charge < -0.3 is 10.4 Å². The molecule has 17 heavy (non-hydrogen) atoms. The molecule has 0 spiro atoms. The Morgan fingerprint density at radius 1 is 1.18 bits per heavy atom. The molecule has 0 radical (unpaired) electrons. The maximum absolute atomic E-state index is 9.89. The number of benzene rings is 1. The molecule has 1 aliphatic rings. The quantitative estimate of drug-likeness (QED) is 0.840. The summed E-state index contributed by atoms with van der Waals surface area (Å²) in [6.45, 7) is 5.97. The molecule has 1 heterocycles. The second-order valence-electron chi connectivity index (χ2n) is 5.65. The summed E-state index contributed by atoms with van der Waals surface area (Å²) in [7, 11) is 0. The molecular formula is C15H23NO. The van der Waals surface area contributed by atoms with E-state index in [0.717, 1.165) is 24.6 Å². The van der Waals surface area contributed by atoms with E-state index in [9.17, 15) is 5.11 Å². The van der Waals surface area contributed by atoms with Crippen LogP contribution in [0.1, 0.15) is 37.8 Å². The van der Waals surface area contributed by atoms with E-state index in [0.29, 0.717) is 0 Å². The van der Waals surface area contributed by atoms with Crippen molar-refractivity contribution in [3.63, 3.8) is 0 Å². The van der Waals surface area contributed by atoms with E-state index in [1.54, 1.807) is 0 Å². The van der Waals surface area contributed by atoms with Gasteiger partial charge >= 0.3 is 0 Å². The van der Waals surface area contributed by atoms with Gasteiger partial charge in [0.05, 0.1) is 5.60 Å². The zero-order chi connectivity index (χ0) is 12.3. The Hall–Kier alpha value is -0.860. The van der Waals surface area contributed by atoms with Crippen molar-refractivity contribution in [2.45, 2.75) is 38.7 Å². The average molecular weight is 233 g/mol. The topological polar surface area (TPSA) is 32.3 Å². The van der Waals surface area contributed by atoms with Crippen LogP contribution in [0, 0.1) is 5.92 Å². The lowest BCUT2D eigenvalue weighted by molar-refractivity contribution is 0.0786. The molecule has 1 aromatic rings. The molecule has 1 fully saturated rings. The Morgan fingerprint density at radius 3 is 2.29 bits per heavy atom. The summed E-state index contributed by atoms with van der Waals surface area (Å²) in [5.41, 5.74) is 1.66. The fraction of sp³-hybridized carbons (Fsp3) is 0.600. The van der Waals surface area contributed by atoms with Gasteiger partial charge in [0.15, 0.2) is 0 Å². The highest BCUT2D eigenvalue weighted by Crippen LogP contribution is 2.22. The lowest BCUT2D eigenvalue weighted by Crippen LogP contribution is -2.28. The minimum atomic E-state index is -0.729. The minimum Gasteiger partial charge on any atom is -0.386 e. The first kappa shape index (κ1) is 12.6. The third-order valence-electron chi connectivity index (χ3n) is 3.64. The zero-order valence-corrected chi connectivity index (χ0v) is 10.9. The van der Waals surface area contributed by atoms with Crippen molar-refractivity contribution >= 4 is 0 Å². The monoisotopic (exact) mass is 233 g/mol. The van der Waals surface area contributed by atoms with Crippen molar-refractivity contribution in [1.82, 2.24) is 5.32 Å². The fourth-order valence-corrected chi connectivity index (χ4v) is 2.47. The zero-order valence-electron chi connectivity index (χ0n) is 10.9. The SMILES string of the molecule is CC(C)(O)c1ccc(CC2CCNCC2)cc1. The van der Waals surface area contributed by atoms with E-state index < -0.39 is 5.60 Å². The van der Waals surface area contributed by atoms with Crippen LogP contribution in [0.15, 0.2) is 24.3 Å². The fourth-order valence-electron chi connectivity index (χ4n) is 2.47. The molecule has 1 aromatic carbocycles. The van der Waals surface area contributed by atoms with Crippen LogP contribution in [0.5, 0.6) is 0 Å². The van der Waals surface area contributed by atoms with Crippen LogP contribution in [-0.4, -0.2) is 18.2 Å². The van der Waals surface area contributed by atoms with Gasteiger partial charge in [0, 0.05) is 0 Å². The number of nitrogens with one attached hydrogen (secondary N) is 1. The smallest absolute Gasteiger partial charge is 0.0840 e. The molecule has 2 N–H and O–H groups in total. The van der Waals surface area contributed by atoms with Gasteiger partial charge in [-0.25, -0.2) is 0 Å². The summed E-state index contributed by atoms with van der Waals surface area (Å²) in [4.78, 5) is 0. The summed E-state index contributed by atoms with van der Waals surface area (Å²) >= 11 is 0. The number of aliphatic hydroxyl groups is 1. The first-order chi connectivity index (χ1) is 8.05. The van der Waals surface area contributed by atoms with Crippen molar-refractivity contribution in [3.05, 3.63) is 35.4 Å². The lowest BCUT2D eigenvalue weighted by atomic mass is 9.89. The molecule has 0 saturated carbocycles. The van der Waals surface area contributed by atoms with Gasteiger partial charge in [-0.05, 0) is 63.2 Å². The molecule has 0 bridgehead atoms. The Balaban J connectivity index is 1.98. The first-order valence-electron chi connectivity index (χ1n) is 6.58. The largest absolute Gasteiger partial charge is 0.386 e. The third-order valence-corrected chi connectivity index (χ3v) is 3.64. The number of hydrogen-bond donors (Lipinski definition) is 2. The molecular weight excluding hydrogens is 210 g/mol. The van der Waals surface area contributed by atoms with E-state index in [1.807, 2.05) is 13.8 Å². The Labute approximate surface area is 104 Å². The van der Waals surface area contributed by atoms with Gasteiger partial charge in [0.25, 0.3) is 0 Å². The molecule has 0 unspecified atom stereocenters. The van der Waals surface area contributed by atoms with Crippen LogP contribution in [0.2, 0.25) is 0 Å². The van der Waals surface area contributed by atoms with E-state index in [1.165, 1.54) is 24.8 Å². The Morgan fingerprint density at radius 2 is 1.76 bits per heavy atom. The van der Waals surface area contributed by atoms with E-state index >= 15 is 0 Å². The van der Waals surface area contributed by atoms with Gasteiger partial charge in [-0.1, -0.05) is 24.3 Å². The van der Waals surface area contributed by atoms with Gasteiger partial charge in [-0.3, -0.25) is 0 Å². The van der Waals surface area contributed by atoms with Crippen LogP contribution < -0.4 is 5.32 Å². The predicted molar refractivity (Wildman–Crippen MR) is 71.0 cm³/mol. The predicted octanol–water partition coefficient (Wildman–Crippen LogP) is 2.46. The summed E-state index contributed by atoms with van der Waals surface area (Å²) in [5.74, 6) is 0.823. The molecule has 1 saturated heterocycles. The molecule has 0 atom stereocenters. The molecule has 2 rings (SSSR count). The molecule has 1 aliphatic heterocycles. The van der Waals surface area contributed by atoms with Crippen molar-refractivity contribution in [2.75, 3.05) is 13.1 Å². The third kappa shape index (κ3) is 3.55. The van der Waals surface area contributed by atoms with Crippen molar-refractivity contribution in [2.24, 2.45) is 5.92 Å². The highest BCUT2D eigenvalue weighted by atomic mass is 16.3. The van der Waals surface area contributed by atoms with Crippen LogP contribution in [0.3, 0.4) is 0 Å². The average Bonchev–Trinajstić information content (AvgIpc) is 2.30. The van der Waals surface area contributed by atoms with Crippen molar-refractivity contribution in [3.8, 4) is 0 Å². The van der Waals surface area contributed by atoms with Gasteiger partial charge in [-0.15, -0.1) is 0 Å². The highest BCUT2D eigenvalue weighted by molar-refractivity contribution is 5.26. The summed E-state index contributed by atoms with van der Waals surface area (Å²) < 4.78 is 0. The Bertz CT molecular complexity index is 344. The van der Waals surface area contributed by atoms with Crippen LogP contribution in [-0.2, 0) is 12.0 Å². The summed E-state index contributed by atoms with van der Waals surface area (Å²) in [5, 5.41) is 13.3. The van der Waals surface area contributed by atoms with E-state index in [-0.39, 0.29) is 0 Å². The van der Waals surface area contributed by atoms with E-state index in [4.69, 9.17) is 0 Å². The maximum atomic E-state index is 9.89. The summed E-state index contributed by atoms with van der Waals surface area (Å²) in [6, 6.07) is 8.43. The second-order valence-corrected chi connectivity index (χ2v) is 5.65. The number of rotatable bonds is 3. The lowest BCUT2D eigenvalue weighted by Gasteiger charge is -2.23. The second kappa shape index (κ2) is 5.19. The molecule has 94 valence electrons. The normalized spacial score (nSPS) is 18.3. The van der Waals surface area contributed by atoms with Crippen LogP contribution >= 0.6 is 0 Å². The molecule has 2 heteroatoms.